The number of aliphatic carboxylic acids is 1. The van der Waals surface area contributed by atoms with Gasteiger partial charge in [-0.1, -0.05) is 20.8 Å². The third kappa shape index (κ3) is 3.96. The van der Waals surface area contributed by atoms with Crippen molar-refractivity contribution in [1.29, 1.82) is 0 Å². The van der Waals surface area contributed by atoms with Crippen molar-refractivity contribution < 1.29 is 19.4 Å². The fourth-order valence-corrected chi connectivity index (χ4v) is 3.56. The van der Waals surface area contributed by atoms with Crippen molar-refractivity contribution in [2.24, 2.45) is 11.8 Å². The Labute approximate surface area is 127 Å². The van der Waals surface area contributed by atoms with Gasteiger partial charge in [-0.05, 0) is 31.7 Å². The van der Waals surface area contributed by atoms with Gasteiger partial charge in [0.1, 0.15) is 0 Å². The lowest BCUT2D eigenvalue weighted by Gasteiger charge is -2.42. The zero-order chi connectivity index (χ0) is 15.4. The molecule has 122 valence electrons. The second-order valence-corrected chi connectivity index (χ2v) is 6.62. The zero-order valence-electron chi connectivity index (χ0n) is 13.5. The third-order valence-corrected chi connectivity index (χ3v) is 4.78. The van der Waals surface area contributed by atoms with Crippen LogP contribution >= 0.6 is 0 Å². The highest BCUT2D eigenvalue weighted by molar-refractivity contribution is 5.71. The van der Waals surface area contributed by atoms with E-state index in [1.54, 1.807) is 0 Å². The molecule has 0 aliphatic carbocycles. The summed E-state index contributed by atoms with van der Waals surface area (Å²) in [5.74, 6) is -0.616. The van der Waals surface area contributed by atoms with E-state index in [-0.39, 0.29) is 12.1 Å². The van der Waals surface area contributed by atoms with E-state index in [1.807, 2.05) is 0 Å². The Morgan fingerprint density at radius 2 is 2.14 bits per heavy atom. The summed E-state index contributed by atoms with van der Waals surface area (Å²) >= 11 is 0. The van der Waals surface area contributed by atoms with Crippen LogP contribution in [0.1, 0.15) is 40.0 Å². The molecule has 0 radical (unpaired) electrons. The van der Waals surface area contributed by atoms with E-state index in [0.717, 1.165) is 32.4 Å². The van der Waals surface area contributed by atoms with Crippen LogP contribution in [-0.4, -0.2) is 60.5 Å². The topological polar surface area (TPSA) is 59.0 Å². The average molecular weight is 299 g/mol. The number of carboxylic acid groups (broad SMARTS) is 1. The van der Waals surface area contributed by atoms with E-state index in [4.69, 9.17) is 9.47 Å². The Balaban J connectivity index is 2.08. The van der Waals surface area contributed by atoms with E-state index in [2.05, 4.69) is 25.7 Å². The van der Waals surface area contributed by atoms with Crippen LogP contribution in [0.2, 0.25) is 0 Å². The predicted molar refractivity (Wildman–Crippen MR) is 80.3 cm³/mol. The Morgan fingerprint density at radius 1 is 1.38 bits per heavy atom. The van der Waals surface area contributed by atoms with Gasteiger partial charge >= 0.3 is 5.97 Å². The van der Waals surface area contributed by atoms with Gasteiger partial charge in [0.2, 0.25) is 0 Å². The van der Waals surface area contributed by atoms with Crippen molar-refractivity contribution in [3.63, 3.8) is 0 Å². The maximum Gasteiger partial charge on any atom is 0.310 e. The zero-order valence-corrected chi connectivity index (χ0v) is 13.5. The molecule has 4 atom stereocenters. The summed E-state index contributed by atoms with van der Waals surface area (Å²) in [6.45, 7) is 9.13. The summed E-state index contributed by atoms with van der Waals surface area (Å²) in [5.41, 5.74) is 0. The largest absolute Gasteiger partial charge is 0.481 e. The van der Waals surface area contributed by atoms with Crippen LogP contribution in [0.3, 0.4) is 0 Å². The number of nitrogens with zero attached hydrogens (tertiary/aromatic N) is 1. The van der Waals surface area contributed by atoms with Crippen molar-refractivity contribution >= 4 is 5.97 Å². The van der Waals surface area contributed by atoms with E-state index in [0.29, 0.717) is 25.2 Å². The van der Waals surface area contributed by atoms with Crippen LogP contribution in [0.4, 0.5) is 0 Å². The molecule has 0 bridgehead atoms. The molecule has 5 nitrogen and oxygen atoms in total. The minimum Gasteiger partial charge on any atom is -0.481 e. The Bertz CT molecular complexity index is 347. The molecule has 0 amide bonds. The Kier molecular flexibility index (Phi) is 6.02. The maximum atomic E-state index is 11.4. The average Bonchev–Trinajstić information content (AvgIpc) is 2.94. The van der Waals surface area contributed by atoms with Crippen molar-refractivity contribution in [3.8, 4) is 0 Å². The SMILES string of the molecule is CCCN(C1CCOC(C(C)C)C1)C1COCC1C(=O)O. The molecule has 0 aromatic heterocycles. The van der Waals surface area contributed by atoms with Gasteiger partial charge in [0.15, 0.2) is 0 Å². The molecule has 4 unspecified atom stereocenters. The first-order chi connectivity index (χ1) is 10.0. The standard InChI is InChI=1S/C16H29NO4/c1-4-6-17(14-10-20-9-13(14)16(18)19)12-5-7-21-15(8-12)11(2)3/h11-15H,4-10H2,1-3H3,(H,18,19). The van der Waals surface area contributed by atoms with E-state index in [9.17, 15) is 9.90 Å². The van der Waals surface area contributed by atoms with Gasteiger partial charge in [0.25, 0.3) is 0 Å². The second kappa shape index (κ2) is 7.56. The first-order valence-corrected chi connectivity index (χ1v) is 8.22. The highest BCUT2D eigenvalue weighted by Gasteiger charge is 2.41. The number of rotatable bonds is 6. The Hall–Kier alpha value is -0.650. The molecule has 5 heteroatoms. The van der Waals surface area contributed by atoms with Crippen LogP contribution in [0.5, 0.6) is 0 Å². The minimum atomic E-state index is -0.730. The molecular weight excluding hydrogens is 270 g/mol. The lowest BCUT2D eigenvalue weighted by atomic mass is 9.91. The molecule has 2 fully saturated rings. The van der Waals surface area contributed by atoms with E-state index >= 15 is 0 Å². The Morgan fingerprint density at radius 3 is 2.76 bits per heavy atom. The molecule has 2 aliphatic rings. The van der Waals surface area contributed by atoms with Gasteiger partial charge in [0, 0.05) is 18.7 Å². The van der Waals surface area contributed by atoms with Crippen LogP contribution in [0.15, 0.2) is 0 Å². The summed E-state index contributed by atoms with van der Waals surface area (Å²) in [6.07, 6.45) is 3.31. The number of carbonyl (C=O) groups is 1. The van der Waals surface area contributed by atoms with Gasteiger partial charge in [-0.25, -0.2) is 0 Å². The second-order valence-electron chi connectivity index (χ2n) is 6.62. The van der Waals surface area contributed by atoms with Gasteiger partial charge < -0.3 is 14.6 Å². The molecular formula is C16H29NO4. The highest BCUT2D eigenvalue weighted by Crippen LogP contribution is 2.29. The maximum absolute atomic E-state index is 11.4. The summed E-state index contributed by atoms with van der Waals surface area (Å²) in [5, 5.41) is 9.41. The van der Waals surface area contributed by atoms with Crippen molar-refractivity contribution in [1.82, 2.24) is 4.90 Å². The predicted octanol–water partition coefficient (Wildman–Crippen LogP) is 2.00. The smallest absolute Gasteiger partial charge is 0.310 e. The lowest BCUT2D eigenvalue weighted by Crippen LogP contribution is -2.52. The number of carboxylic acids is 1. The molecule has 2 heterocycles. The van der Waals surface area contributed by atoms with Crippen LogP contribution in [0, 0.1) is 11.8 Å². The molecule has 2 aliphatic heterocycles. The van der Waals surface area contributed by atoms with Crippen molar-refractivity contribution in [3.05, 3.63) is 0 Å². The molecule has 0 aromatic rings. The van der Waals surface area contributed by atoms with Crippen molar-refractivity contribution in [2.75, 3.05) is 26.4 Å². The minimum absolute atomic E-state index is 0.0124. The normalized spacial score (nSPS) is 33.8. The van der Waals surface area contributed by atoms with Gasteiger partial charge in [0.05, 0.1) is 25.2 Å². The molecule has 0 aromatic carbocycles. The first kappa shape index (κ1) is 16.7. The van der Waals surface area contributed by atoms with Crippen LogP contribution in [-0.2, 0) is 14.3 Å². The molecule has 21 heavy (non-hydrogen) atoms. The quantitative estimate of drug-likeness (QED) is 0.813. The highest BCUT2D eigenvalue weighted by atomic mass is 16.5. The summed E-state index contributed by atoms with van der Waals surface area (Å²) < 4.78 is 11.3. The van der Waals surface area contributed by atoms with Gasteiger partial charge in [-0.3, -0.25) is 9.69 Å². The summed E-state index contributed by atoms with van der Waals surface area (Å²) in [6, 6.07) is 0.429. The summed E-state index contributed by atoms with van der Waals surface area (Å²) in [4.78, 5) is 13.8. The third-order valence-electron chi connectivity index (χ3n) is 4.78. The fourth-order valence-electron chi connectivity index (χ4n) is 3.56. The molecule has 2 rings (SSSR count). The lowest BCUT2D eigenvalue weighted by molar-refractivity contribution is -0.144. The van der Waals surface area contributed by atoms with Crippen molar-refractivity contribution in [2.45, 2.75) is 58.2 Å². The van der Waals surface area contributed by atoms with E-state index in [1.165, 1.54) is 0 Å². The molecule has 0 saturated carbocycles. The van der Waals surface area contributed by atoms with Crippen LogP contribution in [0.25, 0.3) is 0 Å². The number of hydrogen-bond acceptors (Lipinski definition) is 4. The number of hydrogen-bond donors (Lipinski definition) is 1. The van der Waals surface area contributed by atoms with Gasteiger partial charge in [-0.2, -0.15) is 0 Å². The van der Waals surface area contributed by atoms with E-state index < -0.39 is 11.9 Å². The molecule has 1 N–H and O–H groups in total. The number of ether oxygens (including phenoxy) is 2. The van der Waals surface area contributed by atoms with Gasteiger partial charge in [-0.15, -0.1) is 0 Å². The molecule has 0 spiro atoms. The van der Waals surface area contributed by atoms with Crippen LogP contribution < -0.4 is 0 Å². The fraction of sp³-hybridized carbons (Fsp3) is 0.938. The summed E-state index contributed by atoms with van der Waals surface area (Å²) in [7, 11) is 0. The molecule has 2 saturated heterocycles. The first-order valence-electron chi connectivity index (χ1n) is 8.22. The monoisotopic (exact) mass is 299 g/mol.